The van der Waals surface area contributed by atoms with Crippen LogP contribution in [0.5, 0.6) is 5.75 Å². The van der Waals surface area contributed by atoms with Gasteiger partial charge >= 0.3 is 5.97 Å². The second-order valence-electron chi connectivity index (χ2n) is 4.14. The molecule has 0 bridgehead atoms. The predicted molar refractivity (Wildman–Crippen MR) is 73.9 cm³/mol. The van der Waals surface area contributed by atoms with E-state index in [9.17, 15) is 14.7 Å². The van der Waals surface area contributed by atoms with Crippen molar-refractivity contribution in [3.8, 4) is 5.75 Å². The molecular formula is C16H14O4. The van der Waals surface area contributed by atoms with Crippen LogP contribution in [-0.2, 0) is 4.74 Å². The van der Waals surface area contributed by atoms with E-state index in [1.807, 2.05) is 0 Å². The molecule has 0 radical (unpaired) electrons. The van der Waals surface area contributed by atoms with Crippen molar-refractivity contribution in [2.75, 3.05) is 6.61 Å². The van der Waals surface area contributed by atoms with Crippen LogP contribution in [0.25, 0.3) is 0 Å². The molecule has 0 aliphatic heterocycles. The van der Waals surface area contributed by atoms with Crippen LogP contribution in [0.2, 0.25) is 0 Å². The number of hydrogen-bond acceptors (Lipinski definition) is 4. The zero-order valence-corrected chi connectivity index (χ0v) is 11.0. The fourth-order valence-electron chi connectivity index (χ4n) is 1.84. The minimum atomic E-state index is -0.518. The van der Waals surface area contributed by atoms with Crippen LogP contribution in [0, 0.1) is 0 Å². The number of carbonyl (C=O) groups excluding carboxylic acids is 2. The lowest BCUT2D eigenvalue weighted by Crippen LogP contribution is -2.12. The Morgan fingerprint density at radius 3 is 2.20 bits per heavy atom. The van der Waals surface area contributed by atoms with Gasteiger partial charge in [0.1, 0.15) is 5.75 Å². The maximum absolute atomic E-state index is 12.4. The molecule has 2 aromatic carbocycles. The number of rotatable bonds is 4. The van der Waals surface area contributed by atoms with Crippen molar-refractivity contribution in [2.45, 2.75) is 6.92 Å². The van der Waals surface area contributed by atoms with E-state index >= 15 is 0 Å². The summed E-state index contributed by atoms with van der Waals surface area (Å²) in [6, 6.07) is 12.4. The number of esters is 1. The zero-order chi connectivity index (χ0) is 14.5. The Morgan fingerprint density at radius 1 is 1.00 bits per heavy atom. The van der Waals surface area contributed by atoms with Crippen molar-refractivity contribution in [3.05, 3.63) is 65.2 Å². The first-order valence-electron chi connectivity index (χ1n) is 6.23. The molecule has 2 rings (SSSR count). The Morgan fingerprint density at radius 2 is 1.60 bits per heavy atom. The maximum Gasteiger partial charge on any atom is 0.338 e. The third-order valence-electron chi connectivity index (χ3n) is 2.80. The highest BCUT2D eigenvalue weighted by Crippen LogP contribution is 2.17. The van der Waals surface area contributed by atoms with Crippen molar-refractivity contribution >= 4 is 11.8 Å². The van der Waals surface area contributed by atoms with Crippen LogP contribution < -0.4 is 0 Å². The highest BCUT2D eigenvalue weighted by Gasteiger charge is 2.18. The van der Waals surface area contributed by atoms with E-state index in [4.69, 9.17) is 4.74 Å². The van der Waals surface area contributed by atoms with Gasteiger partial charge in [0.05, 0.1) is 12.2 Å². The lowest BCUT2D eigenvalue weighted by molar-refractivity contribution is 0.0523. The van der Waals surface area contributed by atoms with Gasteiger partial charge in [-0.25, -0.2) is 4.79 Å². The summed E-state index contributed by atoms with van der Waals surface area (Å²) in [5.41, 5.74) is 0.934. The van der Waals surface area contributed by atoms with E-state index in [1.54, 1.807) is 31.2 Å². The summed E-state index contributed by atoms with van der Waals surface area (Å²) in [7, 11) is 0. The van der Waals surface area contributed by atoms with Gasteiger partial charge in [-0.2, -0.15) is 0 Å². The molecule has 4 heteroatoms. The van der Waals surface area contributed by atoms with Crippen molar-refractivity contribution < 1.29 is 19.4 Å². The molecule has 1 N–H and O–H groups in total. The lowest BCUT2D eigenvalue weighted by atomic mass is 9.98. The molecule has 0 unspecified atom stereocenters. The SMILES string of the molecule is CCOC(=O)c1ccccc1C(=O)c1ccc(O)cc1. The standard InChI is InChI=1S/C16H14O4/c1-2-20-16(19)14-6-4-3-5-13(14)15(18)11-7-9-12(17)10-8-11/h3-10,17H,2H2,1H3. The summed E-state index contributed by atoms with van der Waals surface area (Å²) in [6.45, 7) is 1.96. The first-order chi connectivity index (χ1) is 9.63. The van der Waals surface area contributed by atoms with E-state index in [2.05, 4.69) is 0 Å². The molecular weight excluding hydrogens is 256 g/mol. The predicted octanol–water partition coefficient (Wildman–Crippen LogP) is 2.80. The molecule has 0 spiro atoms. The zero-order valence-electron chi connectivity index (χ0n) is 11.0. The lowest BCUT2D eigenvalue weighted by Gasteiger charge is -2.08. The average molecular weight is 270 g/mol. The van der Waals surface area contributed by atoms with Crippen LogP contribution in [-0.4, -0.2) is 23.5 Å². The summed E-state index contributed by atoms with van der Waals surface area (Å²) >= 11 is 0. The monoisotopic (exact) mass is 270 g/mol. The molecule has 0 heterocycles. The number of ketones is 1. The quantitative estimate of drug-likeness (QED) is 0.685. The van der Waals surface area contributed by atoms with Gasteiger partial charge in [-0.05, 0) is 37.3 Å². The Kier molecular flexibility index (Phi) is 4.15. The van der Waals surface area contributed by atoms with Gasteiger partial charge in [0.25, 0.3) is 0 Å². The van der Waals surface area contributed by atoms with Crippen molar-refractivity contribution in [1.82, 2.24) is 0 Å². The van der Waals surface area contributed by atoms with Gasteiger partial charge in [-0.1, -0.05) is 18.2 Å². The normalized spacial score (nSPS) is 10.1. The van der Waals surface area contributed by atoms with Gasteiger partial charge in [-0.15, -0.1) is 0 Å². The fourth-order valence-corrected chi connectivity index (χ4v) is 1.84. The van der Waals surface area contributed by atoms with Crippen molar-refractivity contribution in [2.24, 2.45) is 0 Å². The Labute approximate surface area is 116 Å². The number of aromatic hydroxyl groups is 1. The first-order valence-corrected chi connectivity index (χ1v) is 6.23. The third-order valence-corrected chi connectivity index (χ3v) is 2.80. The van der Waals surface area contributed by atoms with E-state index in [1.165, 1.54) is 24.3 Å². The largest absolute Gasteiger partial charge is 0.508 e. The van der Waals surface area contributed by atoms with Gasteiger partial charge in [-0.3, -0.25) is 4.79 Å². The number of hydrogen-bond donors (Lipinski definition) is 1. The summed E-state index contributed by atoms with van der Waals surface area (Å²) < 4.78 is 4.94. The number of carbonyl (C=O) groups is 2. The molecule has 0 aliphatic rings. The van der Waals surface area contributed by atoms with Gasteiger partial charge in [0.2, 0.25) is 0 Å². The minimum absolute atomic E-state index is 0.0835. The second-order valence-corrected chi connectivity index (χ2v) is 4.14. The van der Waals surface area contributed by atoms with Crippen LogP contribution >= 0.6 is 0 Å². The summed E-state index contributed by atoms with van der Waals surface area (Å²) in [5.74, 6) is -0.718. The second kappa shape index (κ2) is 6.02. The molecule has 4 nitrogen and oxygen atoms in total. The van der Waals surface area contributed by atoms with Crippen LogP contribution in [0.1, 0.15) is 33.2 Å². The Bertz CT molecular complexity index is 629. The topological polar surface area (TPSA) is 63.6 Å². The molecule has 2 aromatic rings. The van der Waals surface area contributed by atoms with E-state index in [0.29, 0.717) is 5.56 Å². The van der Waals surface area contributed by atoms with Crippen LogP contribution in [0.3, 0.4) is 0 Å². The Hall–Kier alpha value is -2.62. The number of phenols is 1. The van der Waals surface area contributed by atoms with Gasteiger partial charge < -0.3 is 9.84 Å². The smallest absolute Gasteiger partial charge is 0.338 e. The highest BCUT2D eigenvalue weighted by molar-refractivity contribution is 6.14. The molecule has 20 heavy (non-hydrogen) atoms. The number of benzene rings is 2. The summed E-state index contributed by atoms with van der Waals surface area (Å²) in [4.78, 5) is 24.2. The number of ether oxygens (including phenoxy) is 1. The van der Waals surface area contributed by atoms with Crippen LogP contribution in [0.15, 0.2) is 48.5 Å². The molecule has 102 valence electrons. The van der Waals surface area contributed by atoms with E-state index in [0.717, 1.165) is 0 Å². The molecule has 0 aliphatic carbocycles. The highest BCUT2D eigenvalue weighted by atomic mass is 16.5. The molecule has 0 saturated heterocycles. The molecule has 0 fully saturated rings. The van der Waals surface area contributed by atoms with E-state index < -0.39 is 5.97 Å². The van der Waals surface area contributed by atoms with Crippen molar-refractivity contribution in [1.29, 1.82) is 0 Å². The van der Waals surface area contributed by atoms with Crippen LogP contribution in [0.4, 0.5) is 0 Å². The van der Waals surface area contributed by atoms with Crippen molar-refractivity contribution in [3.63, 3.8) is 0 Å². The molecule has 0 aromatic heterocycles. The summed E-state index contributed by atoms with van der Waals surface area (Å²) in [5, 5.41) is 9.24. The molecule has 0 saturated carbocycles. The number of phenolic OH excluding ortho intramolecular Hbond substituents is 1. The Balaban J connectivity index is 2.39. The molecule has 0 amide bonds. The van der Waals surface area contributed by atoms with E-state index in [-0.39, 0.29) is 29.3 Å². The third kappa shape index (κ3) is 2.85. The fraction of sp³-hybridized carbons (Fsp3) is 0.125. The molecule has 0 atom stereocenters. The first kappa shape index (κ1) is 13.8. The van der Waals surface area contributed by atoms with Gasteiger partial charge in [0, 0.05) is 11.1 Å². The maximum atomic E-state index is 12.4. The minimum Gasteiger partial charge on any atom is -0.508 e. The average Bonchev–Trinajstić information content (AvgIpc) is 2.47. The summed E-state index contributed by atoms with van der Waals surface area (Å²) in [6.07, 6.45) is 0. The van der Waals surface area contributed by atoms with Gasteiger partial charge in [0.15, 0.2) is 5.78 Å².